The minimum Gasteiger partial charge on any atom is -0.452 e. The average Bonchev–Trinajstić information content (AvgIpc) is 3.29. The predicted molar refractivity (Wildman–Crippen MR) is 117 cm³/mol. The highest BCUT2D eigenvalue weighted by molar-refractivity contribution is 7.61. The van der Waals surface area contributed by atoms with E-state index < -0.39 is 19.9 Å². The number of esters is 1. The van der Waals surface area contributed by atoms with Crippen molar-refractivity contribution in [3.63, 3.8) is 0 Å². The van der Waals surface area contributed by atoms with Crippen LogP contribution in [-0.2, 0) is 26.7 Å². The molecule has 3 heterocycles. The van der Waals surface area contributed by atoms with Gasteiger partial charge in [0.1, 0.15) is 5.76 Å². The van der Waals surface area contributed by atoms with Crippen molar-refractivity contribution >= 4 is 35.5 Å². The van der Waals surface area contributed by atoms with Crippen molar-refractivity contribution in [2.75, 3.05) is 5.73 Å². The summed E-state index contributed by atoms with van der Waals surface area (Å²) in [5, 5.41) is 0.373. The van der Waals surface area contributed by atoms with E-state index in [2.05, 4.69) is 18.8 Å². The summed E-state index contributed by atoms with van der Waals surface area (Å²) in [6.45, 7) is 4.14. The van der Waals surface area contributed by atoms with Crippen LogP contribution in [-0.4, -0.2) is 22.1 Å². The maximum atomic E-state index is 13.1. The maximum absolute atomic E-state index is 13.1. The summed E-state index contributed by atoms with van der Waals surface area (Å²) in [5.74, 6) is 0.211. The molecule has 3 N–H and O–H groups in total. The van der Waals surface area contributed by atoms with Crippen LogP contribution in [0.4, 0.5) is 5.13 Å². The number of ether oxygens (including phenoxy) is 1. The van der Waals surface area contributed by atoms with Crippen LogP contribution in [0.25, 0.3) is 11.3 Å². The number of carbonyl (C=O) groups is 1. The fourth-order valence-electron chi connectivity index (χ4n) is 3.39. The Morgan fingerprint density at radius 2 is 2.13 bits per heavy atom. The van der Waals surface area contributed by atoms with Crippen molar-refractivity contribution in [3.8, 4) is 11.3 Å². The molecule has 0 radical (unpaired) electrons. The zero-order valence-electron chi connectivity index (χ0n) is 17.1. The summed E-state index contributed by atoms with van der Waals surface area (Å²) in [4.78, 5) is 28.4. The van der Waals surface area contributed by atoms with E-state index >= 15 is 0 Å². The molecule has 0 saturated carbocycles. The van der Waals surface area contributed by atoms with Crippen LogP contribution < -0.4 is 11.2 Å². The van der Waals surface area contributed by atoms with Crippen molar-refractivity contribution in [1.82, 2.24) is 4.98 Å². The minimum absolute atomic E-state index is 0.174. The summed E-state index contributed by atoms with van der Waals surface area (Å²) in [5.41, 5.74) is 6.96. The third-order valence-corrected chi connectivity index (χ3v) is 6.99. The van der Waals surface area contributed by atoms with Gasteiger partial charge in [-0.25, -0.2) is 9.78 Å². The Bertz CT molecular complexity index is 1140. The molecule has 2 aromatic heterocycles. The molecule has 1 aliphatic rings. The van der Waals surface area contributed by atoms with Gasteiger partial charge in [0, 0.05) is 17.7 Å². The van der Waals surface area contributed by atoms with Gasteiger partial charge in [-0.3, -0.25) is 9.09 Å². The lowest BCUT2D eigenvalue weighted by Crippen LogP contribution is -2.24. The minimum atomic E-state index is -4.44. The summed E-state index contributed by atoms with van der Waals surface area (Å²) in [6, 6.07) is 10.1. The Morgan fingerprint density at radius 1 is 1.39 bits per heavy atom. The number of furan rings is 1. The topological polar surface area (TPSA) is 125 Å². The van der Waals surface area contributed by atoms with Crippen LogP contribution in [0.15, 0.2) is 40.8 Å². The number of nitrogens with two attached hydrogens (primary N) is 1. The van der Waals surface area contributed by atoms with Gasteiger partial charge in [-0.1, -0.05) is 32.0 Å². The molecule has 3 aromatic rings. The standard InChI is InChI=1S/C21H23N2O6PS/c1-12(2)10-16-18(23-21(22)31-16)15-11-14-8-9-17(29-30(25,26)20(15)27-14)28-19(24)13-6-4-3-5-7-13/h3-7,11-12,17H,8-10H2,1-2H3,(H2,22,23)(H,25,26). The summed E-state index contributed by atoms with van der Waals surface area (Å²) >= 11 is 1.35. The maximum Gasteiger partial charge on any atom is 0.397 e. The van der Waals surface area contributed by atoms with Gasteiger partial charge in [0.05, 0.1) is 16.8 Å². The van der Waals surface area contributed by atoms with E-state index in [1.807, 2.05) is 0 Å². The second-order valence-corrected chi connectivity index (χ2v) is 10.5. The van der Waals surface area contributed by atoms with Gasteiger partial charge < -0.3 is 19.8 Å². The van der Waals surface area contributed by atoms with Gasteiger partial charge in [-0.15, -0.1) is 11.3 Å². The van der Waals surface area contributed by atoms with Crippen LogP contribution in [0.2, 0.25) is 0 Å². The first-order valence-electron chi connectivity index (χ1n) is 9.89. The second-order valence-electron chi connectivity index (χ2n) is 7.72. The number of anilines is 1. The van der Waals surface area contributed by atoms with Crippen LogP contribution in [0, 0.1) is 5.92 Å². The van der Waals surface area contributed by atoms with Crippen LogP contribution >= 0.6 is 18.9 Å². The number of nitrogens with zero attached hydrogens (tertiary/aromatic N) is 1. The number of rotatable bonds is 5. The first-order chi connectivity index (χ1) is 14.7. The molecule has 8 nitrogen and oxygen atoms in total. The third kappa shape index (κ3) is 4.75. The van der Waals surface area contributed by atoms with E-state index in [9.17, 15) is 14.3 Å². The highest BCUT2D eigenvalue weighted by Crippen LogP contribution is 2.49. The van der Waals surface area contributed by atoms with E-state index in [1.54, 1.807) is 36.4 Å². The monoisotopic (exact) mass is 462 g/mol. The highest BCUT2D eigenvalue weighted by atomic mass is 32.1. The molecule has 1 aliphatic heterocycles. The number of fused-ring (bicyclic) bond motifs is 2. The Hall–Kier alpha value is -2.45. The highest BCUT2D eigenvalue weighted by Gasteiger charge is 2.39. The normalized spacial score (nSPS) is 21.0. The molecule has 0 aliphatic carbocycles. The third-order valence-electron chi connectivity index (χ3n) is 4.72. The van der Waals surface area contributed by atoms with Gasteiger partial charge in [-0.05, 0) is 30.5 Å². The van der Waals surface area contributed by atoms with Gasteiger partial charge >= 0.3 is 13.6 Å². The molecule has 0 spiro atoms. The summed E-state index contributed by atoms with van der Waals surface area (Å²) < 4.78 is 29.5. The molecule has 164 valence electrons. The number of carbonyl (C=O) groups excluding carboxylic acids is 1. The number of hydrogen-bond acceptors (Lipinski definition) is 8. The SMILES string of the molecule is CC(C)Cc1sc(N)nc1-c1cc2oc1P(=O)(O)OC(OC(=O)c1ccccc1)CC2. The Balaban J connectivity index is 1.63. The molecule has 4 rings (SSSR count). The van der Waals surface area contributed by atoms with Crippen LogP contribution in [0.1, 0.15) is 41.3 Å². The Kier molecular flexibility index (Phi) is 6.03. The van der Waals surface area contributed by atoms with Crippen molar-refractivity contribution in [2.24, 2.45) is 5.92 Å². The molecular formula is C21H23N2O6PS. The molecule has 1 aromatic carbocycles. The van der Waals surface area contributed by atoms with Crippen LogP contribution in [0.3, 0.4) is 0 Å². The summed E-state index contributed by atoms with van der Waals surface area (Å²) in [6.07, 6.45) is 0.0608. The van der Waals surface area contributed by atoms with Crippen molar-refractivity contribution in [2.45, 2.75) is 39.4 Å². The molecular weight excluding hydrogens is 439 g/mol. The van der Waals surface area contributed by atoms with Crippen molar-refractivity contribution in [3.05, 3.63) is 52.6 Å². The molecule has 31 heavy (non-hydrogen) atoms. The molecule has 0 fully saturated rings. The Labute approximate surface area is 183 Å². The lowest BCUT2D eigenvalue weighted by atomic mass is 10.1. The molecule has 2 unspecified atom stereocenters. The molecule has 2 bridgehead atoms. The average molecular weight is 462 g/mol. The number of benzene rings is 1. The van der Waals surface area contributed by atoms with Gasteiger partial charge in [0.15, 0.2) is 5.13 Å². The number of aryl methyl sites for hydroxylation is 1. The number of hydrogen-bond donors (Lipinski definition) is 2. The van der Waals surface area contributed by atoms with E-state index in [1.165, 1.54) is 11.3 Å². The second kappa shape index (κ2) is 8.59. The first kappa shape index (κ1) is 21.8. The molecule has 2 atom stereocenters. The Morgan fingerprint density at radius 3 is 2.84 bits per heavy atom. The lowest BCUT2D eigenvalue weighted by molar-refractivity contribution is -0.0566. The largest absolute Gasteiger partial charge is 0.452 e. The van der Waals surface area contributed by atoms with E-state index in [4.69, 9.17) is 19.4 Å². The molecule has 0 saturated heterocycles. The van der Waals surface area contributed by atoms with Gasteiger partial charge in [0.2, 0.25) is 11.8 Å². The number of nitrogen functional groups attached to an aromatic ring is 1. The molecule has 10 heteroatoms. The van der Waals surface area contributed by atoms with Gasteiger partial charge in [0.25, 0.3) is 0 Å². The number of thiazole rings is 1. The predicted octanol–water partition coefficient (Wildman–Crippen LogP) is 4.14. The fourth-order valence-corrected chi connectivity index (χ4v) is 5.71. The lowest BCUT2D eigenvalue weighted by Gasteiger charge is -2.22. The van der Waals surface area contributed by atoms with Crippen LogP contribution in [0.5, 0.6) is 0 Å². The summed E-state index contributed by atoms with van der Waals surface area (Å²) in [7, 11) is -4.44. The van der Waals surface area contributed by atoms with Crippen molar-refractivity contribution in [1.29, 1.82) is 0 Å². The smallest absolute Gasteiger partial charge is 0.397 e. The zero-order chi connectivity index (χ0) is 22.2. The zero-order valence-corrected chi connectivity index (χ0v) is 18.8. The first-order valence-corrected chi connectivity index (χ1v) is 12.3. The molecule has 0 amide bonds. The fraction of sp³-hybridized carbons (Fsp3) is 0.333. The number of aromatic nitrogens is 1. The van der Waals surface area contributed by atoms with E-state index in [0.717, 1.165) is 11.3 Å². The van der Waals surface area contributed by atoms with Gasteiger partial charge in [-0.2, -0.15) is 0 Å². The van der Waals surface area contributed by atoms with E-state index in [-0.39, 0.29) is 11.9 Å². The quantitative estimate of drug-likeness (QED) is 0.428. The van der Waals surface area contributed by atoms with E-state index in [0.29, 0.717) is 40.1 Å². The van der Waals surface area contributed by atoms with Crippen molar-refractivity contribution < 1.29 is 27.9 Å².